The van der Waals surface area contributed by atoms with Crippen LogP contribution in [-0.4, -0.2) is 5.97 Å². The third kappa shape index (κ3) is 4.20. The highest BCUT2D eigenvalue weighted by atomic mass is 35.5. The molecule has 4 heteroatoms. The zero-order chi connectivity index (χ0) is 14.5. The molecule has 0 N–H and O–H groups in total. The Kier molecular flexibility index (Phi) is 5.80. The molecule has 0 bridgehead atoms. The van der Waals surface area contributed by atoms with Gasteiger partial charge in [-0.05, 0) is 37.5 Å². The number of esters is 1. The second kappa shape index (κ2) is 6.90. The molecule has 106 valence electrons. The van der Waals surface area contributed by atoms with E-state index in [-0.39, 0.29) is 11.0 Å². The first-order valence-electron chi connectivity index (χ1n) is 6.60. The molecule has 0 saturated carbocycles. The molecular weight excluding hydrogens is 267 g/mol. The van der Waals surface area contributed by atoms with Gasteiger partial charge in [-0.2, -0.15) is 0 Å². The van der Waals surface area contributed by atoms with Gasteiger partial charge in [-0.3, -0.25) is 4.79 Å². The first kappa shape index (κ1) is 16.0. The van der Waals surface area contributed by atoms with Crippen LogP contribution in [0.1, 0.15) is 52.0 Å². The van der Waals surface area contributed by atoms with E-state index < -0.39 is 11.4 Å². The minimum atomic E-state index is -0.799. The van der Waals surface area contributed by atoms with Crippen LogP contribution in [0.2, 0.25) is 5.02 Å². The van der Waals surface area contributed by atoms with Gasteiger partial charge in [-0.15, -0.1) is 0 Å². The van der Waals surface area contributed by atoms with Gasteiger partial charge in [0.1, 0.15) is 11.4 Å². The third-order valence-corrected chi connectivity index (χ3v) is 3.36. The number of hydrogen-bond donors (Lipinski definition) is 0. The SMILES string of the molecule is CCCC(=O)OC(C)(CCC)c1ccc(Cl)c(F)c1. The van der Waals surface area contributed by atoms with E-state index in [1.807, 2.05) is 20.8 Å². The van der Waals surface area contributed by atoms with Gasteiger partial charge in [-0.1, -0.05) is 37.9 Å². The summed E-state index contributed by atoms with van der Waals surface area (Å²) in [5.41, 5.74) is -0.160. The van der Waals surface area contributed by atoms with Gasteiger partial charge in [-0.25, -0.2) is 4.39 Å². The van der Waals surface area contributed by atoms with E-state index >= 15 is 0 Å². The van der Waals surface area contributed by atoms with E-state index in [9.17, 15) is 9.18 Å². The van der Waals surface area contributed by atoms with Crippen LogP contribution in [-0.2, 0) is 15.1 Å². The molecule has 19 heavy (non-hydrogen) atoms. The fourth-order valence-corrected chi connectivity index (χ4v) is 2.18. The number of halogens is 2. The van der Waals surface area contributed by atoms with Crippen molar-refractivity contribution in [1.29, 1.82) is 0 Å². The molecule has 0 spiro atoms. The highest BCUT2D eigenvalue weighted by Crippen LogP contribution is 2.33. The summed E-state index contributed by atoms with van der Waals surface area (Å²) in [4.78, 5) is 11.7. The Labute approximate surface area is 118 Å². The monoisotopic (exact) mass is 286 g/mol. The summed E-state index contributed by atoms with van der Waals surface area (Å²) in [6, 6.07) is 4.55. The van der Waals surface area contributed by atoms with Crippen molar-refractivity contribution in [1.82, 2.24) is 0 Å². The molecule has 1 aromatic carbocycles. The summed E-state index contributed by atoms with van der Waals surface area (Å²) in [6.45, 7) is 5.73. The largest absolute Gasteiger partial charge is 0.454 e. The lowest BCUT2D eigenvalue weighted by Crippen LogP contribution is -2.29. The van der Waals surface area contributed by atoms with Crippen LogP contribution in [0.3, 0.4) is 0 Å². The van der Waals surface area contributed by atoms with Crippen LogP contribution in [0.15, 0.2) is 18.2 Å². The highest BCUT2D eigenvalue weighted by molar-refractivity contribution is 6.30. The molecule has 0 heterocycles. The maximum absolute atomic E-state index is 13.6. The predicted molar refractivity (Wildman–Crippen MR) is 74.7 cm³/mol. The first-order valence-corrected chi connectivity index (χ1v) is 6.98. The van der Waals surface area contributed by atoms with Crippen LogP contribution in [0.25, 0.3) is 0 Å². The third-order valence-electron chi connectivity index (χ3n) is 3.05. The molecule has 1 rings (SSSR count). The minimum Gasteiger partial charge on any atom is -0.454 e. The smallest absolute Gasteiger partial charge is 0.306 e. The normalized spacial score (nSPS) is 13.9. The molecule has 0 aromatic heterocycles. The van der Waals surface area contributed by atoms with Gasteiger partial charge in [0.25, 0.3) is 0 Å². The summed E-state index contributed by atoms with van der Waals surface area (Å²) < 4.78 is 19.1. The number of ether oxygens (including phenoxy) is 1. The van der Waals surface area contributed by atoms with E-state index in [1.165, 1.54) is 12.1 Å². The fourth-order valence-electron chi connectivity index (χ4n) is 2.06. The summed E-state index contributed by atoms with van der Waals surface area (Å²) in [7, 11) is 0. The average molecular weight is 287 g/mol. The van der Waals surface area contributed by atoms with E-state index in [0.29, 0.717) is 18.4 Å². The number of hydrogen-bond acceptors (Lipinski definition) is 2. The van der Waals surface area contributed by atoms with Crippen molar-refractivity contribution in [3.05, 3.63) is 34.6 Å². The quantitative estimate of drug-likeness (QED) is 0.700. The van der Waals surface area contributed by atoms with Crippen molar-refractivity contribution in [2.24, 2.45) is 0 Å². The van der Waals surface area contributed by atoms with Crippen LogP contribution >= 0.6 is 11.6 Å². The van der Waals surface area contributed by atoms with Crippen molar-refractivity contribution < 1.29 is 13.9 Å². The minimum absolute atomic E-state index is 0.0717. The number of carbonyl (C=O) groups is 1. The maximum atomic E-state index is 13.6. The fraction of sp³-hybridized carbons (Fsp3) is 0.533. The van der Waals surface area contributed by atoms with Gasteiger partial charge in [0, 0.05) is 6.42 Å². The molecule has 1 unspecified atom stereocenters. The van der Waals surface area contributed by atoms with Gasteiger partial charge in [0.2, 0.25) is 0 Å². The highest BCUT2D eigenvalue weighted by Gasteiger charge is 2.30. The van der Waals surface area contributed by atoms with Crippen LogP contribution in [0, 0.1) is 5.82 Å². The topological polar surface area (TPSA) is 26.3 Å². The molecule has 0 saturated heterocycles. The van der Waals surface area contributed by atoms with Crippen molar-refractivity contribution >= 4 is 17.6 Å². The Morgan fingerprint density at radius 3 is 2.58 bits per heavy atom. The molecule has 0 amide bonds. The van der Waals surface area contributed by atoms with E-state index in [4.69, 9.17) is 16.3 Å². The van der Waals surface area contributed by atoms with Crippen LogP contribution < -0.4 is 0 Å². The lowest BCUT2D eigenvalue weighted by Gasteiger charge is -2.30. The summed E-state index contributed by atoms with van der Waals surface area (Å²) in [6.07, 6.45) is 2.58. The van der Waals surface area contributed by atoms with Crippen molar-refractivity contribution in [3.63, 3.8) is 0 Å². The van der Waals surface area contributed by atoms with Gasteiger partial charge in [0.15, 0.2) is 0 Å². The second-order valence-electron chi connectivity index (χ2n) is 4.83. The Bertz CT molecular complexity index is 448. The molecule has 0 aliphatic rings. The van der Waals surface area contributed by atoms with Crippen molar-refractivity contribution in [2.45, 2.75) is 52.1 Å². The zero-order valence-electron chi connectivity index (χ0n) is 11.6. The summed E-state index contributed by atoms with van der Waals surface area (Å²) in [5, 5.41) is 0.0717. The Morgan fingerprint density at radius 2 is 2.05 bits per heavy atom. The Hall–Kier alpha value is -1.09. The standard InChI is InChI=1S/C15H20ClFO2/c1-4-6-14(18)19-15(3,9-5-2)11-7-8-12(16)13(17)10-11/h7-8,10H,4-6,9H2,1-3H3. The lowest BCUT2D eigenvalue weighted by atomic mass is 9.91. The zero-order valence-corrected chi connectivity index (χ0v) is 12.4. The molecule has 1 atom stereocenters. The van der Waals surface area contributed by atoms with Gasteiger partial charge in [0.05, 0.1) is 5.02 Å². The molecule has 1 aromatic rings. The predicted octanol–water partition coefficient (Wildman–Crippen LogP) is 4.84. The summed E-state index contributed by atoms with van der Waals surface area (Å²) >= 11 is 5.68. The number of benzene rings is 1. The Balaban J connectivity index is 3.02. The lowest BCUT2D eigenvalue weighted by molar-refractivity contribution is -0.160. The Morgan fingerprint density at radius 1 is 1.37 bits per heavy atom. The van der Waals surface area contributed by atoms with E-state index in [2.05, 4.69) is 0 Å². The van der Waals surface area contributed by atoms with Gasteiger partial charge < -0.3 is 4.74 Å². The number of rotatable bonds is 6. The number of carbonyl (C=O) groups excluding carboxylic acids is 1. The van der Waals surface area contributed by atoms with Crippen molar-refractivity contribution in [3.8, 4) is 0 Å². The van der Waals surface area contributed by atoms with E-state index in [1.54, 1.807) is 6.07 Å². The van der Waals surface area contributed by atoms with Crippen molar-refractivity contribution in [2.75, 3.05) is 0 Å². The van der Waals surface area contributed by atoms with Crippen LogP contribution in [0.4, 0.5) is 4.39 Å². The van der Waals surface area contributed by atoms with Gasteiger partial charge >= 0.3 is 5.97 Å². The van der Waals surface area contributed by atoms with Crippen LogP contribution in [0.5, 0.6) is 0 Å². The molecule has 0 aliphatic carbocycles. The second-order valence-corrected chi connectivity index (χ2v) is 5.24. The molecule has 0 aliphatic heterocycles. The molecule has 2 nitrogen and oxygen atoms in total. The maximum Gasteiger partial charge on any atom is 0.306 e. The average Bonchev–Trinajstić information content (AvgIpc) is 2.33. The first-order chi connectivity index (χ1) is 8.92. The van der Waals surface area contributed by atoms with E-state index in [0.717, 1.165) is 12.8 Å². The summed E-state index contributed by atoms with van der Waals surface area (Å²) in [5.74, 6) is -0.748. The molecule has 0 fully saturated rings. The molecule has 0 radical (unpaired) electrons. The molecular formula is C15H20ClFO2.